The summed E-state index contributed by atoms with van der Waals surface area (Å²) in [7, 11) is 0. The summed E-state index contributed by atoms with van der Waals surface area (Å²) in [6, 6.07) is 2.41. The number of hydrogen-bond donors (Lipinski definition) is 1. The molecule has 2 aliphatic rings. The highest BCUT2D eigenvalue weighted by atomic mass is 15.3. The molecule has 0 amide bonds. The first-order chi connectivity index (χ1) is 8.43. The summed E-state index contributed by atoms with van der Waals surface area (Å²) in [5, 5.41) is 4.39. The van der Waals surface area contributed by atoms with Crippen molar-refractivity contribution in [2.24, 2.45) is 5.73 Å². The minimum absolute atomic E-state index is 0.179. The second kappa shape index (κ2) is 3.81. The van der Waals surface area contributed by atoms with Crippen LogP contribution in [-0.2, 0) is 12.0 Å². The average molecular weight is 248 g/mol. The second-order valence-corrected chi connectivity index (χ2v) is 6.82. The largest absolute Gasteiger partial charge is 0.325 e. The van der Waals surface area contributed by atoms with E-state index in [2.05, 4.69) is 41.5 Å². The Bertz CT molecular complexity index is 435. The van der Waals surface area contributed by atoms with Gasteiger partial charge in [-0.1, -0.05) is 0 Å². The van der Waals surface area contributed by atoms with Crippen LogP contribution in [0.5, 0.6) is 0 Å². The van der Waals surface area contributed by atoms with Crippen LogP contribution in [0.1, 0.15) is 39.3 Å². The van der Waals surface area contributed by atoms with Crippen LogP contribution >= 0.6 is 0 Å². The van der Waals surface area contributed by atoms with Crippen molar-refractivity contribution < 1.29 is 0 Å². The smallest absolute Gasteiger partial charge is 0.0573 e. The van der Waals surface area contributed by atoms with Gasteiger partial charge in [0.1, 0.15) is 0 Å². The van der Waals surface area contributed by atoms with E-state index in [9.17, 15) is 0 Å². The van der Waals surface area contributed by atoms with Crippen molar-refractivity contribution >= 4 is 0 Å². The fourth-order valence-corrected chi connectivity index (χ4v) is 3.66. The zero-order valence-electron chi connectivity index (χ0n) is 11.7. The van der Waals surface area contributed by atoms with Gasteiger partial charge in [0.2, 0.25) is 0 Å². The van der Waals surface area contributed by atoms with Crippen LogP contribution in [0, 0.1) is 0 Å². The molecule has 4 nitrogen and oxygen atoms in total. The maximum Gasteiger partial charge on any atom is 0.0573 e. The molecule has 2 aliphatic heterocycles. The second-order valence-electron chi connectivity index (χ2n) is 6.82. The lowest BCUT2D eigenvalue weighted by atomic mass is 9.71. The lowest BCUT2D eigenvalue weighted by Gasteiger charge is -2.46. The van der Waals surface area contributed by atoms with Crippen molar-refractivity contribution in [3.05, 3.63) is 18.0 Å². The molecule has 3 rings (SSSR count). The SMILES string of the molecule is CC(C)(C)N1CCC2(CC1)c1ccnn1C[C@H]2N. The van der Waals surface area contributed by atoms with Crippen molar-refractivity contribution in [1.29, 1.82) is 0 Å². The van der Waals surface area contributed by atoms with E-state index in [1.807, 2.05) is 6.20 Å². The van der Waals surface area contributed by atoms with Gasteiger partial charge in [-0.3, -0.25) is 9.58 Å². The fraction of sp³-hybridized carbons (Fsp3) is 0.786. The standard InChI is InChI=1S/C14H24N4/c1-13(2,3)17-8-5-14(6-9-17)11(15)10-18-12(14)4-7-16-18/h4,7,11H,5-6,8-10,15H2,1-3H3/t11-/m1/s1. The van der Waals surface area contributed by atoms with E-state index >= 15 is 0 Å². The Labute approximate surface area is 109 Å². The van der Waals surface area contributed by atoms with E-state index in [1.165, 1.54) is 5.69 Å². The highest BCUT2D eigenvalue weighted by molar-refractivity contribution is 5.26. The molecule has 4 heteroatoms. The van der Waals surface area contributed by atoms with Crippen molar-refractivity contribution in [2.75, 3.05) is 13.1 Å². The van der Waals surface area contributed by atoms with Crippen LogP contribution in [-0.4, -0.2) is 39.4 Å². The van der Waals surface area contributed by atoms with Crippen LogP contribution in [0.2, 0.25) is 0 Å². The summed E-state index contributed by atoms with van der Waals surface area (Å²) in [5.41, 5.74) is 8.23. The van der Waals surface area contributed by atoms with Crippen LogP contribution < -0.4 is 5.73 Å². The Morgan fingerprint density at radius 2 is 2.00 bits per heavy atom. The van der Waals surface area contributed by atoms with Gasteiger partial charge in [0.15, 0.2) is 0 Å². The number of likely N-dealkylation sites (tertiary alicyclic amines) is 1. The molecular weight excluding hydrogens is 224 g/mol. The van der Waals surface area contributed by atoms with Gasteiger partial charge >= 0.3 is 0 Å². The topological polar surface area (TPSA) is 47.1 Å². The van der Waals surface area contributed by atoms with Crippen LogP contribution in [0.25, 0.3) is 0 Å². The molecule has 0 bridgehead atoms. The van der Waals surface area contributed by atoms with Gasteiger partial charge in [-0.15, -0.1) is 0 Å². The minimum atomic E-state index is 0.179. The normalized spacial score (nSPS) is 27.7. The Kier molecular flexibility index (Phi) is 2.58. The van der Waals surface area contributed by atoms with Gasteiger partial charge < -0.3 is 5.73 Å². The number of aromatic nitrogens is 2. The quantitative estimate of drug-likeness (QED) is 0.754. The van der Waals surface area contributed by atoms with Gasteiger partial charge in [-0.25, -0.2) is 0 Å². The van der Waals surface area contributed by atoms with Crippen LogP contribution in [0.15, 0.2) is 12.3 Å². The third kappa shape index (κ3) is 1.62. The minimum Gasteiger partial charge on any atom is -0.325 e. The van der Waals surface area contributed by atoms with E-state index in [1.54, 1.807) is 0 Å². The number of piperidine rings is 1. The van der Waals surface area contributed by atoms with E-state index < -0.39 is 0 Å². The Morgan fingerprint density at radius 1 is 1.33 bits per heavy atom. The van der Waals surface area contributed by atoms with E-state index in [4.69, 9.17) is 5.73 Å². The summed E-state index contributed by atoms with van der Waals surface area (Å²) < 4.78 is 2.11. The Balaban J connectivity index is 1.84. The molecule has 0 aromatic carbocycles. The number of fused-ring (bicyclic) bond motifs is 2. The molecule has 3 heterocycles. The first-order valence-electron chi connectivity index (χ1n) is 6.96. The number of nitrogens with two attached hydrogens (primary N) is 1. The first kappa shape index (κ1) is 12.2. The number of nitrogens with zero attached hydrogens (tertiary/aromatic N) is 3. The number of rotatable bonds is 0. The Hall–Kier alpha value is -0.870. The fourth-order valence-electron chi connectivity index (χ4n) is 3.66. The van der Waals surface area contributed by atoms with Gasteiger partial charge in [0.05, 0.1) is 6.54 Å². The number of hydrogen-bond acceptors (Lipinski definition) is 3. The van der Waals surface area contributed by atoms with Gasteiger partial charge in [0, 0.05) is 28.9 Å². The van der Waals surface area contributed by atoms with Crippen LogP contribution in [0.3, 0.4) is 0 Å². The van der Waals surface area contributed by atoms with Crippen molar-refractivity contribution in [3.63, 3.8) is 0 Å². The summed E-state index contributed by atoms with van der Waals surface area (Å²) >= 11 is 0. The van der Waals surface area contributed by atoms with E-state index in [0.29, 0.717) is 0 Å². The lowest BCUT2D eigenvalue weighted by molar-refractivity contribution is 0.0689. The lowest BCUT2D eigenvalue weighted by Crippen LogP contribution is -2.54. The molecule has 1 fully saturated rings. The molecular formula is C14H24N4. The molecule has 1 aromatic heterocycles. The maximum atomic E-state index is 6.41. The average Bonchev–Trinajstić information content (AvgIpc) is 2.83. The summed E-state index contributed by atoms with van der Waals surface area (Å²) in [4.78, 5) is 2.57. The molecule has 1 aromatic rings. The molecule has 1 spiro atoms. The predicted molar refractivity (Wildman–Crippen MR) is 72.4 cm³/mol. The zero-order valence-corrected chi connectivity index (χ0v) is 11.7. The molecule has 0 unspecified atom stereocenters. The molecule has 18 heavy (non-hydrogen) atoms. The molecule has 0 saturated carbocycles. The third-order valence-corrected chi connectivity index (χ3v) is 4.91. The molecule has 1 atom stereocenters. The summed E-state index contributed by atoms with van der Waals surface area (Å²) in [6.45, 7) is 10.1. The highest BCUT2D eigenvalue weighted by Gasteiger charge is 2.48. The van der Waals surface area contributed by atoms with Crippen molar-refractivity contribution in [1.82, 2.24) is 14.7 Å². The first-order valence-corrected chi connectivity index (χ1v) is 6.96. The van der Waals surface area contributed by atoms with Gasteiger partial charge in [0.25, 0.3) is 0 Å². The summed E-state index contributed by atoms with van der Waals surface area (Å²) in [6.07, 6.45) is 4.24. The molecule has 1 saturated heterocycles. The Morgan fingerprint density at radius 3 is 2.61 bits per heavy atom. The molecule has 0 radical (unpaired) electrons. The molecule has 0 aliphatic carbocycles. The van der Waals surface area contributed by atoms with Gasteiger partial charge in [-0.05, 0) is 52.8 Å². The van der Waals surface area contributed by atoms with Gasteiger partial charge in [-0.2, -0.15) is 5.10 Å². The zero-order chi connectivity index (χ0) is 13.0. The summed E-state index contributed by atoms with van der Waals surface area (Å²) in [5.74, 6) is 0. The van der Waals surface area contributed by atoms with E-state index in [0.717, 1.165) is 32.5 Å². The predicted octanol–water partition coefficient (Wildman–Crippen LogP) is 1.36. The highest BCUT2D eigenvalue weighted by Crippen LogP contribution is 2.43. The third-order valence-electron chi connectivity index (χ3n) is 4.91. The maximum absolute atomic E-state index is 6.41. The van der Waals surface area contributed by atoms with Crippen molar-refractivity contribution in [2.45, 2.75) is 57.2 Å². The van der Waals surface area contributed by atoms with E-state index in [-0.39, 0.29) is 17.0 Å². The van der Waals surface area contributed by atoms with Crippen LogP contribution in [0.4, 0.5) is 0 Å². The molecule has 2 N–H and O–H groups in total. The van der Waals surface area contributed by atoms with Crippen molar-refractivity contribution in [3.8, 4) is 0 Å². The molecule has 100 valence electrons. The monoisotopic (exact) mass is 248 g/mol.